The van der Waals surface area contributed by atoms with Gasteiger partial charge in [-0.25, -0.2) is 4.98 Å². The van der Waals surface area contributed by atoms with Crippen molar-refractivity contribution in [1.29, 1.82) is 0 Å². The van der Waals surface area contributed by atoms with Gasteiger partial charge in [-0.1, -0.05) is 12.1 Å². The van der Waals surface area contributed by atoms with Gasteiger partial charge >= 0.3 is 158 Å². The van der Waals surface area contributed by atoms with E-state index in [1.165, 1.54) is 0 Å². The molecule has 2 heterocycles. The number of nitrogens with zero attached hydrogens (tertiary/aromatic N) is 2. The summed E-state index contributed by atoms with van der Waals surface area (Å²) in [5, 5.41) is 10.1. The van der Waals surface area contributed by atoms with Crippen LogP contribution in [0.15, 0.2) is 36.4 Å². The monoisotopic (exact) mass is 482 g/mol. The molecule has 0 saturated heterocycles. The van der Waals surface area contributed by atoms with Gasteiger partial charge < -0.3 is 4.98 Å². The number of hydrogen-bond donors (Lipinski definition) is 4. The number of aromatic amines is 1. The van der Waals surface area contributed by atoms with Crippen molar-refractivity contribution in [1.82, 2.24) is 20.3 Å². The van der Waals surface area contributed by atoms with Crippen molar-refractivity contribution in [3.05, 3.63) is 47.9 Å². The van der Waals surface area contributed by atoms with Crippen molar-refractivity contribution in [3.63, 3.8) is 0 Å². The zero-order valence-electron chi connectivity index (χ0n) is 21.2. The Balaban J connectivity index is 1.49. The van der Waals surface area contributed by atoms with Gasteiger partial charge in [-0.2, -0.15) is 0 Å². The van der Waals surface area contributed by atoms with Gasteiger partial charge in [-0.15, -0.1) is 0 Å². The minimum atomic E-state index is -1.22. The first-order chi connectivity index (χ1) is 16.1. The number of H-pyrrole nitrogens is 1. The summed E-state index contributed by atoms with van der Waals surface area (Å²) < 4.78 is 0. The fourth-order valence-electron chi connectivity index (χ4n) is 4.65. The van der Waals surface area contributed by atoms with Crippen LogP contribution in [0.25, 0.3) is 11.0 Å². The maximum atomic E-state index is 13.1. The van der Waals surface area contributed by atoms with Crippen LogP contribution in [0.4, 0.5) is 11.5 Å². The molecular weight excluding hydrogens is 443 g/mol. The summed E-state index contributed by atoms with van der Waals surface area (Å²) in [7, 11) is 0.707. The number of amides is 1. The molecule has 0 radical (unpaired) electrons. The van der Waals surface area contributed by atoms with Gasteiger partial charge in [-0.3, -0.25) is 0 Å². The summed E-state index contributed by atoms with van der Waals surface area (Å²) in [6.45, 7) is 11.5. The Kier molecular flexibility index (Phi) is 6.86. The molecule has 34 heavy (non-hydrogen) atoms. The van der Waals surface area contributed by atoms with E-state index in [4.69, 9.17) is 4.98 Å². The SMILES string of the molecule is CNc1nc(C2CCC(C)(C)C(NC(=O)c3nc4ccccc4[nH]3)C2)ccc1NC[PH](C)(C)C. The average molecular weight is 483 g/mol. The fraction of sp³-hybridized carbons (Fsp3) is 0.500. The Labute approximate surface area is 203 Å². The van der Waals surface area contributed by atoms with E-state index in [0.29, 0.717) is 11.7 Å². The standard InChI is InChI=1S/C26H39N6OP/c1-26(2)14-13-17(18-11-12-21(23(27-3)29-18)28-16-34(4,5)6)15-22(26)32-25(33)24-30-19-9-7-8-10-20(19)31-24/h7-12,17,22,28,34H,13-16H2,1-6H3,(H,27,29)(H,30,31)(H,32,33). The zero-order valence-corrected chi connectivity index (χ0v) is 22.2. The van der Waals surface area contributed by atoms with Crippen LogP contribution in [0.5, 0.6) is 0 Å². The second kappa shape index (κ2) is 9.53. The molecule has 7 nitrogen and oxygen atoms in total. The first-order valence-electron chi connectivity index (χ1n) is 12.2. The van der Waals surface area contributed by atoms with Crippen LogP contribution in [-0.2, 0) is 0 Å². The molecule has 3 aromatic rings. The third-order valence-corrected chi connectivity index (χ3v) is 8.13. The molecule has 1 amide bonds. The van der Waals surface area contributed by atoms with E-state index in [1.54, 1.807) is 0 Å². The van der Waals surface area contributed by atoms with E-state index >= 15 is 0 Å². The molecule has 1 aliphatic rings. The fourth-order valence-corrected chi connectivity index (χ4v) is 5.37. The van der Waals surface area contributed by atoms with Gasteiger partial charge in [-0.05, 0) is 12.1 Å². The Hall–Kier alpha value is -2.66. The first-order valence-corrected chi connectivity index (χ1v) is 15.9. The van der Waals surface area contributed by atoms with Crippen molar-refractivity contribution in [2.24, 2.45) is 5.41 Å². The normalized spacial score (nSPS) is 20.6. The zero-order chi connectivity index (χ0) is 24.5. The van der Waals surface area contributed by atoms with Crippen molar-refractivity contribution >= 4 is 35.7 Å². The van der Waals surface area contributed by atoms with E-state index in [9.17, 15) is 4.79 Å². The number of carbonyl (C=O) groups excluding carboxylic acids is 1. The predicted octanol–water partition coefficient (Wildman–Crippen LogP) is 5.10. The molecule has 1 aromatic carbocycles. The summed E-state index contributed by atoms with van der Waals surface area (Å²) in [5.41, 5.74) is 3.82. The number of hydrogen-bond acceptors (Lipinski definition) is 5. The van der Waals surface area contributed by atoms with Crippen molar-refractivity contribution in [3.8, 4) is 0 Å². The number of pyridine rings is 1. The third-order valence-electron chi connectivity index (χ3n) is 6.89. The number of aromatic nitrogens is 3. The number of anilines is 2. The molecule has 0 aliphatic heterocycles. The number of benzene rings is 1. The molecule has 1 aliphatic carbocycles. The van der Waals surface area contributed by atoms with Gasteiger partial charge in [0.15, 0.2) is 0 Å². The van der Waals surface area contributed by atoms with Crippen molar-refractivity contribution in [2.75, 3.05) is 44.0 Å². The summed E-state index contributed by atoms with van der Waals surface area (Å²) >= 11 is 0. The van der Waals surface area contributed by atoms with Gasteiger partial charge in [0, 0.05) is 0 Å². The maximum absolute atomic E-state index is 13.1. The van der Waals surface area contributed by atoms with E-state index in [2.05, 4.69) is 71.9 Å². The Morgan fingerprint density at radius 3 is 2.62 bits per heavy atom. The van der Waals surface area contributed by atoms with E-state index in [-0.39, 0.29) is 17.4 Å². The van der Waals surface area contributed by atoms with E-state index in [0.717, 1.165) is 53.8 Å². The van der Waals surface area contributed by atoms with Crippen molar-refractivity contribution in [2.45, 2.75) is 45.1 Å². The first kappa shape index (κ1) is 24.5. The van der Waals surface area contributed by atoms with Gasteiger partial charge in [0.25, 0.3) is 0 Å². The molecule has 1 saturated carbocycles. The second-order valence-electron chi connectivity index (χ2n) is 11.4. The van der Waals surface area contributed by atoms with Crippen LogP contribution in [0.1, 0.15) is 55.3 Å². The molecular formula is C26H39N6OP. The van der Waals surface area contributed by atoms with Crippen LogP contribution < -0.4 is 16.0 Å². The van der Waals surface area contributed by atoms with Crippen LogP contribution in [-0.4, -0.2) is 60.2 Å². The number of fused-ring (bicyclic) bond motifs is 1. The predicted molar refractivity (Wildman–Crippen MR) is 146 cm³/mol. The van der Waals surface area contributed by atoms with Crippen LogP contribution in [0, 0.1) is 5.41 Å². The number of imidazole rings is 1. The Morgan fingerprint density at radius 2 is 1.91 bits per heavy atom. The summed E-state index contributed by atoms with van der Waals surface area (Å²) in [4.78, 5) is 25.7. The molecule has 184 valence electrons. The Morgan fingerprint density at radius 1 is 1.15 bits per heavy atom. The molecule has 0 bridgehead atoms. The topological polar surface area (TPSA) is 94.7 Å². The van der Waals surface area contributed by atoms with Gasteiger partial charge in [0.05, 0.1) is 11.0 Å². The molecule has 8 heteroatoms. The van der Waals surface area contributed by atoms with E-state index in [1.807, 2.05) is 31.3 Å². The van der Waals surface area contributed by atoms with Crippen LogP contribution in [0.2, 0.25) is 0 Å². The van der Waals surface area contributed by atoms with Crippen LogP contribution >= 0.6 is 7.26 Å². The number of carbonyl (C=O) groups is 1. The van der Waals surface area contributed by atoms with Gasteiger partial charge in [0.2, 0.25) is 0 Å². The van der Waals surface area contributed by atoms with E-state index < -0.39 is 7.26 Å². The molecule has 2 aromatic heterocycles. The average Bonchev–Trinajstić information content (AvgIpc) is 3.23. The molecule has 0 spiro atoms. The second-order valence-corrected chi connectivity index (χ2v) is 16.9. The number of rotatable bonds is 7. The summed E-state index contributed by atoms with van der Waals surface area (Å²) in [6.07, 6.45) is 3.95. The number of nitrogens with one attached hydrogen (secondary N) is 4. The summed E-state index contributed by atoms with van der Waals surface area (Å²) in [6, 6.07) is 12.1. The van der Waals surface area contributed by atoms with Crippen molar-refractivity contribution < 1.29 is 4.79 Å². The third kappa shape index (κ3) is 5.52. The quantitative estimate of drug-likeness (QED) is 0.352. The molecule has 2 atom stereocenters. The van der Waals surface area contributed by atoms with Crippen LogP contribution in [0.3, 0.4) is 0 Å². The molecule has 1 fully saturated rings. The summed E-state index contributed by atoms with van der Waals surface area (Å²) in [5.74, 6) is 1.41. The van der Waals surface area contributed by atoms with Gasteiger partial charge in [0.1, 0.15) is 0 Å². The number of para-hydroxylation sites is 2. The Bertz CT molecular complexity index is 1130. The molecule has 4 rings (SSSR count). The minimum absolute atomic E-state index is 0.00282. The molecule has 4 N–H and O–H groups in total. The molecule has 2 unspecified atom stereocenters.